The molecule has 1 aromatic rings. The molecule has 0 aliphatic heterocycles. The summed E-state index contributed by atoms with van der Waals surface area (Å²) >= 11 is 4.56. The molecule has 1 aromatic heterocycles. The van der Waals surface area contributed by atoms with Gasteiger partial charge in [0.05, 0.1) is 18.2 Å². The van der Waals surface area contributed by atoms with E-state index in [1.54, 1.807) is 5.38 Å². The van der Waals surface area contributed by atoms with Crippen molar-refractivity contribution < 1.29 is 5.11 Å². The van der Waals surface area contributed by atoms with E-state index in [0.29, 0.717) is 5.69 Å². The van der Waals surface area contributed by atoms with Gasteiger partial charge < -0.3 is 5.11 Å². The first-order valence-electron chi connectivity index (χ1n) is 2.90. The average Bonchev–Trinajstić information content (AvgIpc) is 2.36. The maximum absolute atomic E-state index is 9.23. The van der Waals surface area contributed by atoms with Gasteiger partial charge in [-0.2, -0.15) is 5.26 Å². The predicted molar refractivity (Wildman–Crippen MR) is 45.0 cm³/mol. The maximum atomic E-state index is 9.23. The molecule has 1 rings (SSSR count). The Bertz CT molecular complexity index is 280. The van der Waals surface area contributed by atoms with Crippen LogP contribution >= 0.6 is 27.3 Å². The minimum Gasteiger partial charge on any atom is -0.386 e. The van der Waals surface area contributed by atoms with Crippen LogP contribution in [0.2, 0.25) is 0 Å². The van der Waals surface area contributed by atoms with Crippen LogP contribution in [0.3, 0.4) is 0 Å². The smallest absolute Gasteiger partial charge is 0.159 e. The molecule has 0 amide bonds. The zero-order valence-corrected chi connectivity index (χ0v) is 7.89. The second-order valence-corrected chi connectivity index (χ2v) is 4.04. The number of halogens is 1. The van der Waals surface area contributed by atoms with Gasteiger partial charge >= 0.3 is 0 Å². The number of rotatable bonds is 2. The number of hydrogen-bond donors (Lipinski definition) is 1. The first kappa shape index (κ1) is 8.65. The Morgan fingerprint density at radius 1 is 1.91 bits per heavy atom. The predicted octanol–water partition coefficient (Wildman–Crippen LogP) is 1.85. The second-order valence-electron chi connectivity index (χ2n) is 1.90. The molecular weight excluding hydrogens is 228 g/mol. The summed E-state index contributed by atoms with van der Waals surface area (Å²) in [4.78, 5) is 3.96. The summed E-state index contributed by atoms with van der Waals surface area (Å²) in [5.41, 5.74) is 0.559. The largest absolute Gasteiger partial charge is 0.386 e. The molecule has 0 aliphatic rings. The van der Waals surface area contributed by atoms with Crippen molar-refractivity contribution in [3.8, 4) is 6.07 Å². The van der Waals surface area contributed by atoms with Crippen LogP contribution in [0.1, 0.15) is 18.2 Å². The Labute approximate surface area is 76.4 Å². The third-order valence-electron chi connectivity index (χ3n) is 1.12. The molecule has 0 radical (unpaired) electrons. The molecule has 0 saturated carbocycles. The molecule has 0 saturated heterocycles. The Morgan fingerprint density at radius 2 is 2.64 bits per heavy atom. The van der Waals surface area contributed by atoms with Crippen LogP contribution < -0.4 is 0 Å². The van der Waals surface area contributed by atoms with Crippen molar-refractivity contribution in [1.82, 2.24) is 4.98 Å². The molecule has 0 spiro atoms. The summed E-state index contributed by atoms with van der Waals surface area (Å²) in [6.45, 7) is 0. The molecule has 0 bridgehead atoms. The van der Waals surface area contributed by atoms with Gasteiger partial charge in [0.2, 0.25) is 0 Å². The Balaban J connectivity index is 2.70. The zero-order chi connectivity index (χ0) is 8.27. The number of hydrogen-bond acceptors (Lipinski definition) is 4. The van der Waals surface area contributed by atoms with Crippen molar-refractivity contribution in [2.24, 2.45) is 0 Å². The highest BCUT2D eigenvalue weighted by molar-refractivity contribution is 9.11. The normalized spacial score (nSPS) is 12.5. The van der Waals surface area contributed by atoms with Gasteiger partial charge in [0.25, 0.3) is 0 Å². The lowest BCUT2D eigenvalue weighted by Crippen LogP contribution is -1.95. The fourth-order valence-corrected chi connectivity index (χ4v) is 1.68. The highest BCUT2D eigenvalue weighted by atomic mass is 79.9. The number of nitrogens with zero attached hydrogens (tertiary/aromatic N) is 2. The summed E-state index contributed by atoms with van der Waals surface area (Å²) in [6, 6.07) is 1.87. The molecular formula is C6H5BrN2OS. The van der Waals surface area contributed by atoms with Crippen molar-refractivity contribution >= 4 is 27.3 Å². The topological polar surface area (TPSA) is 56.9 Å². The minimum absolute atomic E-state index is 0.0934. The highest BCUT2D eigenvalue weighted by Gasteiger charge is 2.09. The van der Waals surface area contributed by atoms with Gasteiger partial charge in [-0.25, -0.2) is 4.98 Å². The molecule has 0 aromatic carbocycles. The SMILES string of the molecule is N#CCC(O)c1csc(Br)n1. The van der Waals surface area contributed by atoms with Crippen LogP contribution in [-0.4, -0.2) is 10.1 Å². The number of aliphatic hydroxyl groups is 1. The van der Waals surface area contributed by atoms with Crippen LogP contribution in [0.15, 0.2) is 9.30 Å². The second kappa shape index (κ2) is 3.81. The lowest BCUT2D eigenvalue weighted by Gasteiger charge is -1.98. The van der Waals surface area contributed by atoms with Crippen molar-refractivity contribution in [3.05, 3.63) is 15.0 Å². The Morgan fingerprint density at radius 3 is 3.09 bits per heavy atom. The fraction of sp³-hybridized carbons (Fsp3) is 0.333. The van der Waals surface area contributed by atoms with Gasteiger partial charge in [-0.05, 0) is 15.9 Å². The number of nitriles is 1. The van der Waals surface area contributed by atoms with Crippen LogP contribution in [0.5, 0.6) is 0 Å². The summed E-state index contributed by atoms with van der Waals surface area (Å²) in [5.74, 6) is 0. The van der Waals surface area contributed by atoms with Crippen molar-refractivity contribution in [2.45, 2.75) is 12.5 Å². The zero-order valence-electron chi connectivity index (χ0n) is 5.49. The van der Waals surface area contributed by atoms with E-state index in [2.05, 4.69) is 20.9 Å². The van der Waals surface area contributed by atoms with E-state index in [0.717, 1.165) is 3.92 Å². The molecule has 5 heteroatoms. The molecule has 1 unspecified atom stereocenters. The molecule has 3 nitrogen and oxygen atoms in total. The third-order valence-corrected chi connectivity index (χ3v) is 2.50. The van der Waals surface area contributed by atoms with Gasteiger partial charge in [0.15, 0.2) is 3.92 Å². The van der Waals surface area contributed by atoms with E-state index in [1.807, 2.05) is 6.07 Å². The van der Waals surface area contributed by atoms with E-state index in [9.17, 15) is 5.11 Å². The van der Waals surface area contributed by atoms with Gasteiger partial charge in [0, 0.05) is 5.38 Å². The van der Waals surface area contributed by atoms with Gasteiger partial charge in [0.1, 0.15) is 6.10 Å². The van der Waals surface area contributed by atoms with Gasteiger partial charge in [-0.3, -0.25) is 0 Å². The quantitative estimate of drug-likeness (QED) is 0.847. The van der Waals surface area contributed by atoms with Crippen LogP contribution in [0.25, 0.3) is 0 Å². The van der Waals surface area contributed by atoms with E-state index in [1.165, 1.54) is 11.3 Å². The first-order chi connectivity index (χ1) is 5.24. The third kappa shape index (κ3) is 2.26. The van der Waals surface area contributed by atoms with Crippen molar-refractivity contribution in [2.75, 3.05) is 0 Å². The van der Waals surface area contributed by atoms with E-state index < -0.39 is 6.10 Å². The van der Waals surface area contributed by atoms with Gasteiger partial charge in [-0.15, -0.1) is 11.3 Å². The molecule has 1 N–H and O–H groups in total. The van der Waals surface area contributed by atoms with Crippen LogP contribution in [0, 0.1) is 11.3 Å². The van der Waals surface area contributed by atoms with E-state index in [-0.39, 0.29) is 6.42 Å². The Hall–Kier alpha value is -0.440. The molecule has 58 valence electrons. The lowest BCUT2D eigenvalue weighted by atomic mass is 10.2. The standard InChI is InChI=1S/C6H5BrN2OS/c7-6-9-4(3-11-6)5(10)1-2-8/h3,5,10H,1H2. The first-order valence-corrected chi connectivity index (χ1v) is 4.57. The fourth-order valence-electron chi connectivity index (χ4n) is 0.607. The highest BCUT2D eigenvalue weighted by Crippen LogP contribution is 2.22. The summed E-state index contributed by atoms with van der Waals surface area (Å²) in [7, 11) is 0. The van der Waals surface area contributed by atoms with Crippen LogP contribution in [0.4, 0.5) is 0 Å². The summed E-state index contributed by atoms with van der Waals surface area (Å²) in [6.07, 6.45) is -0.654. The lowest BCUT2D eigenvalue weighted by molar-refractivity contribution is 0.179. The molecule has 11 heavy (non-hydrogen) atoms. The Kier molecular flexibility index (Phi) is 3.00. The molecule has 1 atom stereocenters. The number of aliphatic hydroxyl groups excluding tert-OH is 1. The van der Waals surface area contributed by atoms with E-state index >= 15 is 0 Å². The molecule has 0 aliphatic carbocycles. The average molecular weight is 233 g/mol. The molecule has 0 fully saturated rings. The van der Waals surface area contributed by atoms with E-state index in [4.69, 9.17) is 5.26 Å². The number of thiazole rings is 1. The van der Waals surface area contributed by atoms with Gasteiger partial charge in [-0.1, -0.05) is 0 Å². The summed E-state index contributed by atoms with van der Waals surface area (Å²) < 4.78 is 0.726. The minimum atomic E-state index is -0.748. The number of aromatic nitrogens is 1. The maximum Gasteiger partial charge on any atom is 0.159 e. The summed E-state index contributed by atoms with van der Waals surface area (Å²) in [5, 5.41) is 19.2. The molecule has 1 heterocycles. The van der Waals surface area contributed by atoms with Crippen molar-refractivity contribution in [1.29, 1.82) is 5.26 Å². The monoisotopic (exact) mass is 232 g/mol. The van der Waals surface area contributed by atoms with Crippen molar-refractivity contribution in [3.63, 3.8) is 0 Å². The van der Waals surface area contributed by atoms with Crippen LogP contribution in [-0.2, 0) is 0 Å².